The number of benzene rings is 1. The molecule has 1 N–H and O–H groups in total. The van der Waals surface area contributed by atoms with Gasteiger partial charge in [-0.05, 0) is 26.0 Å². The second kappa shape index (κ2) is 6.06. The van der Waals surface area contributed by atoms with Gasteiger partial charge in [0.25, 0.3) is 0 Å². The summed E-state index contributed by atoms with van der Waals surface area (Å²) in [5.41, 5.74) is 0.346. The maximum Gasteiger partial charge on any atom is 0.246 e. The van der Waals surface area contributed by atoms with Crippen LogP contribution in [0.1, 0.15) is 11.5 Å². The van der Waals surface area contributed by atoms with Crippen LogP contribution in [0.2, 0.25) is 0 Å². The van der Waals surface area contributed by atoms with Crippen molar-refractivity contribution in [3.05, 3.63) is 41.8 Å². The molecule has 0 aliphatic carbocycles. The fourth-order valence-electron chi connectivity index (χ4n) is 1.79. The molecule has 0 saturated heterocycles. The van der Waals surface area contributed by atoms with Crippen molar-refractivity contribution in [2.75, 3.05) is 13.2 Å². The Morgan fingerprint density at radius 1 is 1.25 bits per heavy atom. The largest absolute Gasteiger partial charge is 0.492 e. The van der Waals surface area contributed by atoms with Crippen molar-refractivity contribution in [2.45, 2.75) is 18.7 Å². The second-order valence-corrected chi connectivity index (χ2v) is 5.92. The van der Waals surface area contributed by atoms with E-state index in [1.54, 1.807) is 13.8 Å². The molecule has 0 aliphatic heterocycles. The van der Waals surface area contributed by atoms with Crippen molar-refractivity contribution in [1.29, 1.82) is 0 Å². The Kier molecular flexibility index (Phi) is 4.41. The third kappa shape index (κ3) is 3.37. The zero-order valence-electron chi connectivity index (χ0n) is 11.3. The second-order valence-electron chi connectivity index (χ2n) is 4.21. The normalized spacial score (nSPS) is 11.5. The topological polar surface area (TPSA) is 81.4 Å². The first-order valence-electron chi connectivity index (χ1n) is 6.11. The van der Waals surface area contributed by atoms with E-state index in [-0.39, 0.29) is 23.8 Å². The van der Waals surface area contributed by atoms with Gasteiger partial charge in [-0.25, -0.2) is 13.1 Å². The van der Waals surface area contributed by atoms with Crippen LogP contribution in [0.25, 0.3) is 0 Å². The van der Waals surface area contributed by atoms with Gasteiger partial charge in [0.05, 0.1) is 0 Å². The van der Waals surface area contributed by atoms with Crippen LogP contribution in [0.3, 0.4) is 0 Å². The number of nitrogens with one attached hydrogen (secondary N) is 1. The van der Waals surface area contributed by atoms with E-state index in [4.69, 9.17) is 9.26 Å². The number of aromatic nitrogens is 1. The quantitative estimate of drug-likeness (QED) is 0.820. The van der Waals surface area contributed by atoms with E-state index in [1.807, 2.05) is 30.3 Å². The molecule has 1 aromatic carbocycles. The lowest BCUT2D eigenvalue weighted by Crippen LogP contribution is -2.29. The highest BCUT2D eigenvalue weighted by molar-refractivity contribution is 7.89. The zero-order valence-corrected chi connectivity index (χ0v) is 12.1. The summed E-state index contributed by atoms with van der Waals surface area (Å²) in [7, 11) is -3.62. The Morgan fingerprint density at radius 2 is 1.95 bits per heavy atom. The molecule has 0 unspecified atom stereocenters. The molecule has 6 nitrogen and oxygen atoms in total. The highest BCUT2D eigenvalue weighted by Gasteiger charge is 2.23. The Labute approximate surface area is 117 Å². The van der Waals surface area contributed by atoms with Crippen molar-refractivity contribution in [3.8, 4) is 5.75 Å². The minimum Gasteiger partial charge on any atom is -0.492 e. The summed E-state index contributed by atoms with van der Waals surface area (Å²) in [6.07, 6.45) is 0. The minimum atomic E-state index is -3.62. The van der Waals surface area contributed by atoms with Gasteiger partial charge in [-0.2, -0.15) is 0 Å². The zero-order chi connectivity index (χ0) is 14.6. The van der Waals surface area contributed by atoms with Gasteiger partial charge in [-0.1, -0.05) is 23.4 Å². The van der Waals surface area contributed by atoms with E-state index >= 15 is 0 Å². The molecule has 0 radical (unpaired) electrons. The molecule has 0 bridgehead atoms. The van der Waals surface area contributed by atoms with Gasteiger partial charge in [0.2, 0.25) is 10.0 Å². The van der Waals surface area contributed by atoms with Gasteiger partial charge in [-0.3, -0.25) is 0 Å². The number of ether oxygens (including phenoxy) is 1. The van der Waals surface area contributed by atoms with Gasteiger partial charge < -0.3 is 9.26 Å². The third-order valence-electron chi connectivity index (χ3n) is 2.64. The molecule has 0 atom stereocenters. The molecule has 7 heteroatoms. The number of hydrogen-bond donors (Lipinski definition) is 1. The van der Waals surface area contributed by atoms with Crippen LogP contribution in [0.4, 0.5) is 0 Å². The lowest BCUT2D eigenvalue weighted by molar-refractivity contribution is 0.323. The van der Waals surface area contributed by atoms with Crippen molar-refractivity contribution >= 4 is 10.0 Å². The van der Waals surface area contributed by atoms with Gasteiger partial charge >= 0.3 is 0 Å². The molecule has 1 heterocycles. The summed E-state index contributed by atoms with van der Waals surface area (Å²) < 4.78 is 36.9. The molecule has 108 valence electrons. The summed E-state index contributed by atoms with van der Waals surface area (Å²) in [5, 5.41) is 3.63. The number of para-hydroxylation sites is 1. The average molecular weight is 296 g/mol. The maximum absolute atomic E-state index is 12.1. The predicted octanol–water partition coefficient (Wildman–Crippen LogP) is 1.65. The Hall–Kier alpha value is -1.86. The van der Waals surface area contributed by atoms with Gasteiger partial charge in [0.1, 0.15) is 22.9 Å². The molecular formula is C13H16N2O4S. The molecule has 2 rings (SSSR count). The Morgan fingerprint density at radius 3 is 2.55 bits per heavy atom. The first-order valence-corrected chi connectivity index (χ1v) is 7.59. The van der Waals surface area contributed by atoms with E-state index in [0.29, 0.717) is 11.4 Å². The summed E-state index contributed by atoms with van der Waals surface area (Å²) in [6, 6.07) is 9.20. The van der Waals surface area contributed by atoms with Crippen molar-refractivity contribution in [3.63, 3.8) is 0 Å². The Bertz CT molecular complexity index is 645. The van der Waals surface area contributed by atoms with Crippen LogP contribution in [-0.2, 0) is 10.0 Å². The number of aryl methyl sites for hydroxylation is 2. The molecular weight excluding hydrogens is 280 g/mol. The fourth-order valence-corrected chi connectivity index (χ4v) is 3.13. The summed E-state index contributed by atoms with van der Waals surface area (Å²) in [6.45, 7) is 3.56. The van der Waals surface area contributed by atoms with E-state index in [9.17, 15) is 8.42 Å². The predicted molar refractivity (Wildman–Crippen MR) is 73.1 cm³/mol. The SMILES string of the molecule is Cc1noc(C)c1S(=O)(=O)NCCOc1ccccc1. The first-order chi connectivity index (χ1) is 9.50. The Balaban J connectivity index is 1.91. The van der Waals surface area contributed by atoms with Gasteiger partial charge in [-0.15, -0.1) is 0 Å². The minimum absolute atomic E-state index is 0.0946. The maximum atomic E-state index is 12.1. The van der Waals surface area contributed by atoms with Crippen molar-refractivity contribution in [2.24, 2.45) is 0 Å². The van der Waals surface area contributed by atoms with Crippen molar-refractivity contribution < 1.29 is 17.7 Å². The van der Waals surface area contributed by atoms with Gasteiger partial charge in [0.15, 0.2) is 5.76 Å². The lowest BCUT2D eigenvalue weighted by atomic mass is 10.3. The van der Waals surface area contributed by atoms with E-state index in [1.165, 1.54) is 0 Å². The van der Waals surface area contributed by atoms with E-state index < -0.39 is 10.0 Å². The molecule has 2 aromatic rings. The van der Waals surface area contributed by atoms with Gasteiger partial charge in [0, 0.05) is 6.54 Å². The van der Waals surface area contributed by atoms with Crippen LogP contribution < -0.4 is 9.46 Å². The van der Waals surface area contributed by atoms with Crippen LogP contribution in [0.5, 0.6) is 5.75 Å². The molecule has 1 aromatic heterocycles. The number of sulfonamides is 1. The molecule has 20 heavy (non-hydrogen) atoms. The van der Waals surface area contributed by atoms with Crippen LogP contribution in [-0.4, -0.2) is 26.7 Å². The highest BCUT2D eigenvalue weighted by Crippen LogP contribution is 2.18. The standard InChI is InChI=1S/C13H16N2O4S/c1-10-13(11(2)19-15-10)20(16,17)14-8-9-18-12-6-4-3-5-7-12/h3-7,14H,8-9H2,1-2H3. The van der Waals surface area contributed by atoms with Crippen LogP contribution in [0, 0.1) is 13.8 Å². The average Bonchev–Trinajstić information content (AvgIpc) is 2.76. The summed E-state index contributed by atoms with van der Waals surface area (Å²) in [5.74, 6) is 0.975. The molecule has 0 fully saturated rings. The monoisotopic (exact) mass is 296 g/mol. The fraction of sp³-hybridized carbons (Fsp3) is 0.308. The smallest absolute Gasteiger partial charge is 0.246 e. The van der Waals surface area contributed by atoms with Crippen LogP contribution in [0.15, 0.2) is 39.8 Å². The highest BCUT2D eigenvalue weighted by atomic mass is 32.2. The molecule has 0 spiro atoms. The van der Waals surface area contributed by atoms with E-state index in [2.05, 4.69) is 9.88 Å². The van der Waals surface area contributed by atoms with E-state index in [0.717, 1.165) is 0 Å². The summed E-state index contributed by atoms with van der Waals surface area (Å²) >= 11 is 0. The first kappa shape index (κ1) is 14.5. The van der Waals surface area contributed by atoms with Crippen LogP contribution >= 0.6 is 0 Å². The number of hydrogen-bond acceptors (Lipinski definition) is 5. The number of nitrogens with zero attached hydrogens (tertiary/aromatic N) is 1. The molecule has 0 amide bonds. The summed E-state index contributed by atoms with van der Waals surface area (Å²) in [4.78, 5) is 0.0946. The van der Waals surface area contributed by atoms with Crippen molar-refractivity contribution in [1.82, 2.24) is 9.88 Å². The third-order valence-corrected chi connectivity index (χ3v) is 4.35. The lowest BCUT2D eigenvalue weighted by Gasteiger charge is -2.08. The molecule has 0 saturated carbocycles. The molecule has 0 aliphatic rings. The number of rotatable bonds is 6.